The van der Waals surface area contributed by atoms with Gasteiger partial charge in [0.1, 0.15) is 12.7 Å². The largest absolute Gasteiger partial charge is 0.322 e. The normalized spacial score (nSPS) is 12.9. The van der Waals surface area contributed by atoms with E-state index in [-0.39, 0.29) is 5.91 Å². The van der Waals surface area contributed by atoms with Crippen LogP contribution < -0.4 is 10.6 Å². The van der Waals surface area contributed by atoms with Crippen molar-refractivity contribution >= 4 is 23.2 Å². The molecule has 3 aromatic rings. The number of hydrogen-bond donors (Lipinski definition) is 2. The minimum Gasteiger partial charge on any atom is -0.322 e. The molecule has 1 amide bonds. The van der Waals surface area contributed by atoms with Crippen LogP contribution in [0.15, 0.2) is 49.1 Å². The van der Waals surface area contributed by atoms with Crippen LogP contribution in [0.1, 0.15) is 21.5 Å². The van der Waals surface area contributed by atoms with Crippen molar-refractivity contribution in [1.29, 1.82) is 0 Å². The van der Waals surface area contributed by atoms with Gasteiger partial charge in [0.15, 0.2) is 0 Å². The van der Waals surface area contributed by atoms with Gasteiger partial charge in [-0.05, 0) is 41.5 Å². The Bertz CT molecular complexity index is 907. The lowest BCUT2D eigenvalue weighted by molar-refractivity contribution is 0.102. The summed E-state index contributed by atoms with van der Waals surface area (Å²) in [5.74, 6) is -0.242. The highest BCUT2D eigenvalue weighted by Gasteiger charge is 2.16. The molecule has 1 aliphatic heterocycles. The Hall–Kier alpha value is -2.70. The van der Waals surface area contributed by atoms with Crippen molar-refractivity contribution in [3.8, 4) is 5.69 Å². The van der Waals surface area contributed by atoms with Gasteiger partial charge in [-0.15, -0.1) is 0 Å². The lowest BCUT2D eigenvalue weighted by Gasteiger charge is -2.11. The molecule has 2 heterocycles. The zero-order valence-corrected chi connectivity index (χ0v) is 13.4. The molecule has 120 valence electrons. The summed E-state index contributed by atoms with van der Waals surface area (Å²) in [5, 5.41) is 10.8. The van der Waals surface area contributed by atoms with Crippen LogP contribution in [-0.4, -0.2) is 20.7 Å². The summed E-state index contributed by atoms with van der Waals surface area (Å²) in [5.41, 5.74) is 4.28. The zero-order valence-electron chi connectivity index (χ0n) is 12.7. The molecule has 1 aromatic heterocycles. The first kappa shape index (κ1) is 14.9. The number of halogens is 1. The summed E-state index contributed by atoms with van der Waals surface area (Å²) in [4.78, 5) is 16.7. The molecule has 0 fully saturated rings. The van der Waals surface area contributed by atoms with Crippen LogP contribution in [0.5, 0.6) is 0 Å². The van der Waals surface area contributed by atoms with Gasteiger partial charge in [-0.25, -0.2) is 9.67 Å². The van der Waals surface area contributed by atoms with E-state index < -0.39 is 0 Å². The zero-order chi connectivity index (χ0) is 16.5. The van der Waals surface area contributed by atoms with Gasteiger partial charge in [0.2, 0.25) is 0 Å². The van der Waals surface area contributed by atoms with Crippen LogP contribution in [0.2, 0.25) is 5.02 Å². The molecule has 0 aliphatic carbocycles. The first-order chi connectivity index (χ1) is 11.7. The van der Waals surface area contributed by atoms with Crippen LogP contribution in [0.3, 0.4) is 0 Å². The Kier molecular flexibility index (Phi) is 3.76. The third-order valence-electron chi connectivity index (χ3n) is 3.96. The van der Waals surface area contributed by atoms with Gasteiger partial charge < -0.3 is 10.6 Å². The van der Waals surface area contributed by atoms with E-state index in [1.807, 2.05) is 18.2 Å². The molecule has 2 aromatic carbocycles. The van der Waals surface area contributed by atoms with E-state index in [0.717, 1.165) is 18.8 Å². The monoisotopic (exact) mass is 339 g/mol. The smallest absolute Gasteiger partial charge is 0.257 e. The lowest BCUT2D eigenvalue weighted by atomic mass is 10.1. The Morgan fingerprint density at radius 1 is 1.17 bits per heavy atom. The minimum absolute atomic E-state index is 0.242. The molecule has 0 radical (unpaired) electrons. The van der Waals surface area contributed by atoms with Crippen molar-refractivity contribution in [2.24, 2.45) is 0 Å². The number of hydrogen-bond acceptors (Lipinski definition) is 4. The second-order valence-electron chi connectivity index (χ2n) is 5.54. The molecule has 0 saturated heterocycles. The number of anilines is 1. The minimum atomic E-state index is -0.242. The molecule has 0 atom stereocenters. The van der Waals surface area contributed by atoms with Crippen LogP contribution in [0.25, 0.3) is 5.69 Å². The maximum absolute atomic E-state index is 12.7. The quantitative estimate of drug-likeness (QED) is 0.769. The van der Waals surface area contributed by atoms with Gasteiger partial charge in [-0.1, -0.05) is 17.7 Å². The Labute approximate surface area is 143 Å². The van der Waals surface area contributed by atoms with E-state index in [9.17, 15) is 4.79 Å². The number of fused-ring (bicyclic) bond motifs is 1. The fraction of sp³-hybridized carbons (Fsp3) is 0.118. The van der Waals surface area contributed by atoms with Gasteiger partial charge in [-0.2, -0.15) is 5.10 Å². The number of carbonyl (C=O) groups is 1. The highest BCUT2D eigenvalue weighted by molar-refractivity contribution is 6.31. The third kappa shape index (κ3) is 2.77. The lowest BCUT2D eigenvalue weighted by Crippen LogP contribution is -2.15. The van der Waals surface area contributed by atoms with Gasteiger partial charge >= 0.3 is 0 Å². The maximum Gasteiger partial charge on any atom is 0.257 e. The number of nitrogens with one attached hydrogen (secondary N) is 2. The van der Waals surface area contributed by atoms with Crippen molar-refractivity contribution < 1.29 is 4.79 Å². The van der Waals surface area contributed by atoms with E-state index in [4.69, 9.17) is 11.6 Å². The summed E-state index contributed by atoms with van der Waals surface area (Å²) in [6.07, 6.45) is 2.96. The molecule has 0 unspecified atom stereocenters. The van der Waals surface area contributed by atoms with Gasteiger partial charge in [0, 0.05) is 23.8 Å². The van der Waals surface area contributed by atoms with E-state index in [0.29, 0.717) is 16.3 Å². The number of rotatable bonds is 3. The van der Waals surface area contributed by atoms with Crippen LogP contribution in [0.4, 0.5) is 5.69 Å². The molecule has 0 bridgehead atoms. The second-order valence-corrected chi connectivity index (χ2v) is 5.98. The number of amides is 1. The average Bonchev–Trinajstić information content (AvgIpc) is 3.25. The Balaban J connectivity index is 1.66. The molecule has 7 heteroatoms. The molecule has 6 nitrogen and oxygen atoms in total. The fourth-order valence-corrected chi connectivity index (χ4v) is 2.97. The maximum atomic E-state index is 12.7. The van der Waals surface area contributed by atoms with Crippen LogP contribution >= 0.6 is 11.6 Å². The summed E-state index contributed by atoms with van der Waals surface area (Å²) in [6, 6.07) is 11.0. The van der Waals surface area contributed by atoms with Crippen molar-refractivity contribution in [2.45, 2.75) is 13.1 Å². The molecule has 2 N–H and O–H groups in total. The Morgan fingerprint density at radius 3 is 2.88 bits per heavy atom. The molecule has 0 spiro atoms. The summed E-state index contributed by atoms with van der Waals surface area (Å²) < 4.78 is 1.54. The topological polar surface area (TPSA) is 71.8 Å². The summed E-state index contributed by atoms with van der Waals surface area (Å²) in [6.45, 7) is 1.69. The predicted octanol–water partition coefficient (Wildman–Crippen LogP) is 2.78. The number of benzene rings is 2. The van der Waals surface area contributed by atoms with Gasteiger partial charge in [-0.3, -0.25) is 4.79 Å². The van der Waals surface area contributed by atoms with Crippen molar-refractivity contribution in [2.75, 3.05) is 5.32 Å². The molecular weight excluding hydrogens is 326 g/mol. The molecular formula is C17H14ClN5O. The van der Waals surface area contributed by atoms with Crippen molar-refractivity contribution in [3.05, 3.63) is 70.8 Å². The number of carbonyl (C=O) groups excluding carboxylic acids is 1. The van der Waals surface area contributed by atoms with Crippen LogP contribution in [-0.2, 0) is 13.1 Å². The van der Waals surface area contributed by atoms with E-state index in [2.05, 4.69) is 20.7 Å². The van der Waals surface area contributed by atoms with Gasteiger partial charge in [0.25, 0.3) is 5.91 Å². The first-order valence-electron chi connectivity index (χ1n) is 7.49. The molecule has 1 aliphatic rings. The molecule has 4 rings (SSSR count). The van der Waals surface area contributed by atoms with E-state index in [1.165, 1.54) is 22.1 Å². The van der Waals surface area contributed by atoms with Crippen LogP contribution in [0, 0.1) is 0 Å². The van der Waals surface area contributed by atoms with E-state index in [1.54, 1.807) is 24.5 Å². The highest BCUT2D eigenvalue weighted by Crippen LogP contribution is 2.23. The first-order valence-corrected chi connectivity index (χ1v) is 7.87. The van der Waals surface area contributed by atoms with Gasteiger partial charge in [0.05, 0.1) is 11.3 Å². The SMILES string of the molecule is O=C(Nc1ccc2c(c1)CNC2)c1cc(Cl)ccc1-n1cncn1. The summed E-state index contributed by atoms with van der Waals surface area (Å²) >= 11 is 6.07. The second kappa shape index (κ2) is 6.07. The third-order valence-corrected chi connectivity index (χ3v) is 4.20. The summed E-state index contributed by atoms with van der Waals surface area (Å²) in [7, 11) is 0. The average molecular weight is 340 g/mol. The highest BCUT2D eigenvalue weighted by atomic mass is 35.5. The molecule has 0 saturated carbocycles. The van der Waals surface area contributed by atoms with E-state index >= 15 is 0 Å². The standard InChI is InChI=1S/C17H14ClN5O/c18-13-2-4-16(23-10-20-9-21-23)15(6-13)17(24)22-14-3-1-11-7-19-8-12(11)5-14/h1-6,9-10,19H,7-8H2,(H,22,24). The molecule has 24 heavy (non-hydrogen) atoms. The predicted molar refractivity (Wildman–Crippen MR) is 91.3 cm³/mol. The number of aromatic nitrogens is 3. The Morgan fingerprint density at radius 2 is 2.04 bits per heavy atom. The van der Waals surface area contributed by atoms with Crippen molar-refractivity contribution in [3.63, 3.8) is 0 Å². The fourth-order valence-electron chi connectivity index (χ4n) is 2.79. The number of nitrogens with zero attached hydrogens (tertiary/aromatic N) is 3. The van der Waals surface area contributed by atoms with Crippen molar-refractivity contribution in [1.82, 2.24) is 20.1 Å².